The van der Waals surface area contributed by atoms with Crippen LogP contribution in [0, 0.1) is 11.3 Å². The van der Waals surface area contributed by atoms with Gasteiger partial charge in [-0.15, -0.1) is 0 Å². The Morgan fingerprint density at radius 3 is 2.81 bits per heavy atom. The van der Waals surface area contributed by atoms with Gasteiger partial charge in [-0.25, -0.2) is 18.4 Å². The number of nitrogens with zero attached hydrogens (tertiary/aromatic N) is 4. The molecule has 0 saturated heterocycles. The fourth-order valence-electron chi connectivity index (χ4n) is 3.43. The number of nitriles is 1. The molecule has 3 heterocycles. The van der Waals surface area contributed by atoms with Crippen molar-refractivity contribution in [1.29, 1.82) is 5.26 Å². The number of pyridine rings is 2. The molecule has 1 aliphatic rings. The number of fused-ring (bicyclic) bond motifs is 1. The molecule has 0 saturated carbocycles. The molecule has 1 aliphatic carbocycles. The molecule has 9 nitrogen and oxygen atoms in total. The highest BCUT2D eigenvalue weighted by atomic mass is 32.2. The highest BCUT2D eigenvalue weighted by molar-refractivity contribution is 7.92. The van der Waals surface area contributed by atoms with Crippen LogP contribution in [-0.2, 0) is 21.4 Å². The number of carbonyl (C=O) groups is 1. The topological polar surface area (TPSA) is 132 Å². The van der Waals surface area contributed by atoms with Gasteiger partial charge >= 0.3 is 0 Å². The third kappa shape index (κ3) is 4.10. The molecule has 3 aromatic rings. The van der Waals surface area contributed by atoms with Crippen LogP contribution >= 0.6 is 0 Å². The fourth-order valence-corrected chi connectivity index (χ4v) is 3.91. The summed E-state index contributed by atoms with van der Waals surface area (Å²) >= 11 is 0. The van der Waals surface area contributed by atoms with Crippen LogP contribution in [-0.4, -0.2) is 42.5 Å². The maximum Gasteiger partial charge on any atom is 0.233 e. The maximum absolute atomic E-state index is 12.0. The Kier molecular flexibility index (Phi) is 5.50. The second-order valence-electron chi connectivity index (χ2n) is 7.34. The van der Waals surface area contributed by atoms with Crippen molar-refractivity contribution in [2.45, 2.75) is 13.0 Å². The van der Waals surface area contributed by atoms with Crippen molar-refractivity contribution < 1.29 is 13.2 Å². The second kappa shape index (κ2) is 8.28. The van der Waals surface area contributed by atoms with Crippen molar-refractivity contribution in [3.05, 3.63) is 65.6 Å². The minimum absolute atomic E-state index is 0.0449. The van der Waals surface area contributed by atoms with Gasteiger partial charge in [-0.1, -0.05) is 12.1 Å². The number of aromatic amines is 1. The zero-order valence-corrected chi connectivity index (χ0v) is 18.3. The smallest absolute Gasteiger partial charge is 0.233 e. The van der Waals surface area contributed by atoms with Crippen LogP contribution in [0.5, 0.6) is 0 Å². The van der Waals surface area contributed by atoms with Crippen LogP contribution in [0.15, 0.2) is 48.8 Å². The molecule has 32 heavy (non-hydrogen) atoms. The highest BCUT2D eigenvalue weighted by Crippen LogP contribution is 2.31. The number of hydrogen-bond acceptors (Lipinski definition) is 7. The largest absolute Gasteiger partial charge is 0.379 e. The van der Waals surface area contributed by atoms with E-state index in [0.717, 1.165) is 21.8 Å². The number of anilines is 2. The van der Waals surface area contributed by atoms with Gasteiger partial charge in [0, 0.05) is 49.1 Å². The monoisotopic (exact) mass is 448 g/mol. The molecule has 0 radical (unpaired) electrons. The maximum atomic E-state index is 12.0. The number of allylic oxidation sites excluding steroid dienone is 4. The SMILES string of the molecule is CN(c1ncccc1CNc1c(C#N)cnc2[nH]c(C3=CCC(=O)C=C3)cc12)S(C)(=O)=O. The highest BCUT2D eigenvalue weighted by Gasteiger charge is 2.18. The molecular formula is C22H20N6O3S. The summed E-state index contributed by atoms with van der Waals surface area (Å²) < 4.78 is 25.1. The van der Waals surface area contributed by atoms with Crippen LogP contribution < -0.4 is 9.62 Å². The molecule has 0 aromatic carbocycles. The van der Waals surface area contributed by atoms with Gasteiger partial charge in [0.05, 0.1) is 17.5 Å². The van der Waals surface area contributed by atoms with Crippen LogP contribution in [0.4, 0.5) is 11.5 Å². The predicted molar refractivity (Wildman–Crippen MR) is 122 cm³/mol. The van der Waals surface area contributed by atoms with E-state index in [1.165, 1.54) is 25.5 Å². The van der Waals surface area contributed by atoms with Gasteiger partial charge in [0.2, 0.25) is 10.0 Å². The first kappa shape index (κ1) is 21.3. The average Bonchev–Trinajstić information content (AvgIpc) is 3.21. The number of rotatable bonds is 6. The zero-order valence-electron chi connectivity index (χ0n) is 17.5. The minimum atomic E-state index is -3.48. The first-order valence-electron chi connectivity index (χ1n) is 9.73. The summed E-state index contributed by atoms with van der Waals surface area (Å²) in [7, 11) is -2.04. The van der Waals surface area contributed by atoms with E-state index in [4.69, 9.17) is 0 Å². The Morgan fingerprint density at radius 1 is 1.31 bits per heavy atom. The van der Waals surface area contributed by atoms with Gasteiger partial charge in [-0.2, -0.15) is 5.26 Å². The van der Waals surface area contributed by atoms with Gasteiger partial charge < -0.3 is 10.3 Å². The lowest BCUT2D eigenvalue weighted by atomic mass is 10.0. The number of sulfonamides is 1. The molecule has 0 unspecified atom stereocenters. The summed E-state index contributed by atoms with van der Waals surface area (Å²) in [5.41, 5.74) is 3.83. The quantitative estimate of drug-likeness (QED) is 0.592. The molecule has 10 heteroatoms. The molecule has 0 atom stereocenters. The summed E-state index contributed by atoms with van der Waals surface area (Å²) in [4.78, 5) is 23.2. The van der Waals surface area contributed by atoms with Crippen LogP contribution in [0.3, 0.4) is 0 Å². The Balaban J connectivity index is 1.70. The number of ketones is 1. The summed E-state index contributed by atoms with van der Waals surface area (Å²) in [5.74, 6) is 0.353. The van der Waals surface area contributed by atoms with Gasteiger partial charge in [0.15, 0.2) is 5.78 Å². The Labute approximate surface area is 185 Å². The van der Waals surface area contributed by atoms with Gasteiger partial charge in [0.25, 0.3) is 0 Å². The number of carbonyl (C=O) groups excluding carboxylic acids is 1. The van der Waals surface area contributed by atoms with Crippen molar-refractivity contribution in [2.75, 3.05) is 22.9 Å². The standard InChI is InChI=1S/C22H20N6O3S/c1-28(32(2,30)31)22-15(4-3-9-24-22)12-25-20-16(11-23)13-26-21-18(20)10-19(27-21)14-5-7-17(29)8-6-14/h3-7,9-10,13H,8,12H2,1-2H3,(H2,25,26,27). The molecule has 4 rings (SSSR count). The van der Waals surface area contributed by atoms with E-state index < -0.39 is 10.0 Å². The number of H-pyrrole nitrogens is 1. The lowest BCUT2D eigenvalue weighted by molar-refractivity contribution is -0.113. The predicted octanol–water partition coefficient (Wildman–Crippen LogP) is 2.75. The third-order valence-corrected chi connectivity index (χ3v) is 6.35. The third-order valence-electron chi connectivity index (χ3n) is 5.18. The second-order valence-corrected chi connectivity index (χ2v) is 9.35. The first-order valence-corrected chi connectivity index (χ1v) is 11.6. The van der Waals surface area contributed by atoms with E-state index in [9.17, 15) is 18.5 Å². The summed E-state index contributed by atoms with van der Waals surface area (Å²) in [6.45, 7) is 0.244. The van der Waals surface area contributed by atoms with Crippen LogP contribution in [0.1, 0.15) is 23.2 Å². The molecule has 0 spiro atoms. The van der Waals surface area contributed by atoms with E-state index in [-0.39, 0.29) is 12.3 Å². The molecule has 0 bridgehead atoms. The van der Waals surface area contributed by atoms with E-state index in [1.807, 2.05) is 12.1 Å². The van der Waals surface area contributed by atoms with Gasteiger partial charge in [0.1, 0.15) is 17.5 Å². The van der Waals surface area contributed by atoms with Crippen molar-refractivity contribution in [3.8, 4) is 6.07 Å². The van der Waals surface area contributed by atoms with Gasteiger partial charge in [-0.3, -0.25) is 9.10 Å². The Morgan fingerprint density at radius 2 is 2.12 bits per heavy atom. The average molecular weight is 449 g/mol. The Hall–Kier alpha value is -3.97. The normalized spacial score (nSPS) is 13.7. The summed E-state index contributed by atoms with van der Waals surface area (Å²) in [5, 5.41) is 13.6. The summed E-state index contributed by atoms with van der Waals surface area (Å²) in [6.07, 6.45) is 9.58. The van der Waals surface area contributed by atoms with Crippen molar-refractivity contribution in [2.24, 2.45) is 0 Å². The van der Waals surface area contributed by atoms with E-state index in [0.29, 0.717) is 40.1 Å². The van der Waals surface area contributed by atoms with Crippen molar-refractivity contribution >= 4 is 43.9 Å². The number of aromatic nitrogens is 3. The molecule has 162 valence electrons. The van der Waals surface area contributed by atoms with E-state index in [1.54, 1.807) is 18.2 Å². The lowest BCUT2D eigenvalue weighted by Gasteiger charge is -2.19. The molecule has 0 amide bonds. The molecule has 2 N–H and O–H groups in total. The van der Waals surface area contributed by atoms with Crippen molar-refractivity contribution in [1.82, 2.24) is 15.0 Å². The fraction of sp³-hybridized carbons (Fsp3) is 0.182. The van der Waals surface area contributed by atoms with Crippen LogP contribution in [0.25, 0.3) is 16.6 Å². The molecule has 0 fully saturated rings. The lowest BCUT2D eigenvalue weighted by Crippen LogP contribution is -2.27. The Bertz CT molecular complexity index is 1430. The molecule has 3 aromatic heterocycles. The van der Waals surface area contributed by atoms with Crippen molar-refractivity contribution in [3.63, 3.8) is 0 Å². The minimum Gasteiger partial charge on any atom is -0.379 e. The molecular weight excluding hydrogens is 428 g/mol. The first-order chi connectivity index (χ1) is 15.3. The number of nitrogens with one attached hydrogen (secondary N) is 2. The molecule has 0 aliphatic heterocycles. The number of hydrogen-bond donors (Lipinski definition) is 2. The van der Waals surface area contributed by atoms with Gasteiger partial charge in [-0.05, 0) is 29.9 Å². The summed E-state index contributed by atoms with van der Waals surface area (Å²) in [6, 6.07) is 7.53. The van der Waals surface area contributed by atoms with E-state index in [2.05, 4.69) is 26.3 Å². The zero-order chi connectivity index (χ0) is 22.9. The van der Waals surface area contributed by atoms with E-state index >= 15 is 0 Å². The van der Waals surface area contributed by atoms with Crippen LogP contribution in [0.2, 0.25) is 0 Å².